The fourth-order valence-electron chi connectivity index (χ4n) is 4.95. The predicted molar refractivity (Wildman–Crippen MR) is 143 cm³/mol. The van der Waals surface area contributed by atoms with Gasteiger partial charge < -0.3 is 25.3 Å². The number of carbonyl (C=O) groups excluding carboxylic acids is 3. The number of esters is 1. The molecule has 0 fully saturated rings. The van der Waals surface area contributed by atoms with E-state index >= 15 is 0 Å². The summed E-state index contributed by atoms with van der Waals surface area (Å²) in [5.41, 5.74) is 9.58. The van der Waals surface area contributed by atoms with Crippen LogP contribution in [0.3, 0.4) is 0 Å². The quantitative estimate of drug-likeness (QED) is 0.505. The second kappa shape index (κ2) is 10.7. The number of aryl methyl sites for hydroxylation is 2. The van der Waals surface area contributed by atoms with Crippen molar-refractivity contribution in [3.8, 4) is 5.75 Å². The summed E-state index contributed by atoms with van der Waals surface area (Å²) in [6.07, 6.45) is 0.783. The maximum Gasteiger partial charge on any atom is 0.340 e. The van der Waals surface area contributed by atoms with E-state index in [-0.39, 0.29) is 41.8 Å². The number of para-hydroxylation sites is 1. The smallest absolute Gasteiger partial charge is 0.340 e. The number of hydrogen-bond donors (Lipinski definition) is 2. The maximum absolute atomic E-state index is 13.4. The van der Waals surface area contributed by atoms with Gasteiger partial charge in [-0.05, 0) is 49.4 Å². The monoisotopic (exact) mass is 518 g/mol. The van der Waals surface area contributed by atoms with E-state index in [4.69, 9.17) is 19.9 Å². The van der Waals surface area contributed by atoms with Crippen LogP contribution >= 0.6 is 0 Å². The van der Waals surface area contributed by atoms with Crippen LogP contribution in [0.2, 0.25) is 0 Å². The van der Waals surface area contributed by atoms with Gasteiger partial charge in [-0.15, -0.1) is 0 Å². The molecule has 2 aliphatic rings. The Bertz CT molecular complexity index is 1350. The highest BCUT2D eigenvalue weighted by atomic mass is 16.5. The minimum Gasteiger partial charge on any atom is -0.483 e. The van der Waals surface area contributed by atoms with Crippen LogP contribution in [0.5, 0.6) is 5.75 Å². The van der Waals surface area contributed by atoms with Crippen molar-refractivity contribution in [2.75, 3.05) is 18.5 Å². The topological polar surface area (TPSA) is 117 Å². The molecule has 0 bridgehead atoms. The molecule has 2 aromatic rings. The standard InChI is InChI=1S/C30H34N2O6/c1-6-36-29(35)27-25(26-21(33)14-30(4,5)15-23(26)38-28(27)31)19-9-7-8-10-22(19)37-16-24(34)32-20-13-17(2)11-12-18(20)3/h7-13,25H,6,14-16,31H2,1-5H3,(H,32,34). The van der Waals surface area contributed by atoms with Gasteiger partial charge >= 0.3 is 5.97 Å². The number of hydrogen-bond acceptors (Lipinski definition) is 7. The summed E-state index contributed by atoms with van der Waals surface area (Å²) in [6.45, 7) is 9.39. The van der Waals surface area contributed by atoms with E-state index in [1.165, 1.54) is 0 Å². The first-order valence-corrected chi connectivity index (χ1v) is 12.7. The van der Waals surface area contributed by atoms with E-state index in [1.54, 1.807) is 31.2 Å². The molecule has 0 radical (unpaired) electrons. The highest BCUT2D eigenvalue weighted by molar-refractivity contribution is 6.04. The summed E-state index contributed by atoms with van der Waals surface area (Å²) in [5, 5.41) is 2.88. The molecule has 1 unspecified atom stereocenters. The number of allylic oxidation sites excluding steroid dienone is 2. The molecule has 0 spiro atoms. The van der Waals surface area contributed by atoms with E-state index in [9.17, 15) is 14.4 Å². The molecule has 3 N–H and O–H groups in total. The van der Waals surface area contributed by atoms with Crippen molar-refractivity contribution in [1.82, 2.24) is 0 Å². The SMILES string of the molecule is CCOC(=O)C1=C(N)OC2=C(C(=O)CC(C)(C)C2)C1c1ccccc1OCC(=O)Nc1cc(C)ccc1C. The van der Waals surface area contributed by atoms with E-state index in [1.807, 2.05) is 45.9 Å². The van der Waals surface area contributed by atoms with Gasteiger partial charge in [-0.3, -0.25) is 9.59 Å². The Kier molecular flexibility index (Phi) is 7.62. The summed E-state index contributed by atoms with van der Waals surface area (Å²) < 4.78 is 17.1. The molecule has 0 aromatic heterocycles. The highest BCUT2D eigenvalue weighted by Crippen LogP contribution is 2.49. The second-order valence-electron chi connectivity index (χ2n) is 10.5. The Morgan fingerprint density at radius 3 is 2.61 bits per heavy atom. The number of ether oxygens (including phenoxy) is 3. The molecule has 8 heteroatoms. The molecular weight excluding hydrogens is 484 g/mol. The average molecular weight is 519 g/mol. The number of rotatable bonds is 7. The Morgan fingerprint density at radius 2 is 1.87 bits per heavy atom. The van der Waals surface area contributed by atoms with E-state index in [0.29, 0.717) is 41.2 Å². The van der Waals surface area contributed by atoms with E-state index < -0.39 is 11.9 Å². The Balaban J connectivity index is 1.69. The molecule has 38 heavy (non-hydrogen) atoms. The van der Waals surface area contributed by atoms with Crippen molar-refractivity contribution >= 4 is 23.3 Å². The van der Waals surface area contributed by atoms with Crippen LogP contribution in [0.15, 0.2) is 65.3 Å². The zero-order valence-electron chi connectivity index (χ0n) is 22.5. The highest BCUT2D eigenvalue weighted by Gasteiger charge is 2.45. The zero-order chi connectivity index (χ0) is 27.6. The summed E-state index contributed by atoms with van der Waals surface area (Å²) in [5.74, 6) is -1.27. The maximum atomic E-state index is 13.4. The van der Waals surface area contributed by atoms with Crippen LogP contribution in [-0.2, 0) is 23.9 Å². The summed E-state index contributed by atoms with van der Waals surface area (Å²) in [7, 11) is 0. The molecule has 200 valence electrons. The Morgan fingerprint density at radius 1 is 1.13 bits per heavy atom. The first-order chi connectivity index (χ1) is 18.0. The van der Waals surface area contributed by atoms with Crippen LogP contribution in [0, 0.1) is 19.3 Å². The molecular formula is C30H34N2O6. The molecule has 0 saturated carbocycles. The van der Waals surface area contributed by atoms with Crippen LogP contribution < -0.4 is 15.8 Å². The van der Waals surface area contributed by atoms with Gasteiger partial charge in [-0.1, -0.05) is 44.2 Å². The van der Waals surface area contributed by atoms with Gasteiger partial charge in [0.2, 0.25) is 5.88 Å². The Labute approximate surface area is 222 Å². The number of Topliss-reactive ketones (excluding diaryl/α,β-unsaturated/α-hetero) is 1. The largest absolute Gasteiger partial charge is 0.483 e. The summed E-state index contributed by atoms with van der Waals surface area (Å²) in [4.78, 5) is 39.3. The minimum atomic E-state index is -0.848. The Hall–Kier alpha value is -4.07. The van der Waals surface area contributed by atoms with Crippen molar-refractivity contribution in [3.63, 3.8) is 0 Å². The normalized spacial score (nSPS) is 18.4. The van der Waals surface area contributed by atoms with Crippen molar-refractivity contribution < 1.29 is 28.6 Å². The molecule has 8 nitrogen and oxygen atoms in total. The lowest BCUT2D eigenvalue weighted by Gasteiger charge is -2.38. The molecule has 4 rings (SSSR count). The van der Waals surface area contributed by atoms with E-state index in [2.05, 4.69) is 5.32 Å². The van der Waals surface area contributed by atoms with Crippen molar-refractivity contribution in [1.29, 1.82) is 0 Å². The van der Waals surface area contributed by atoms with E-state index in [0.717, 1.165) is 11.1 Å². The third kappa shape index (κ3) is 5.59. The third-order valence-corrected chi connectivity index (χ3v) is 6.71. The van der Waals surface area contributed by atoms with Gasteiger partial charge in [-0.2, -0.15) is 0 Å². The number of ketones is 1. The number of amides is 1. The minimum absolute atomic E-state index is 0.0505. The third-order valence-electron chi connectivity index (χ3n) is 6.71. The number of anilines is 1. The first-order valence-electron chi connectivity index (χ1n) is 12.7. The molecule has 1 heterocycles. The van der Waals surface area contributed by atoms with Crippen LogP contribution in [0.25, 0.3) is 0 Å². The van der Waals surface area contributed by atoms with Crippen LogP contribution in [0.4, 0.5) is 5.69 Å². The molecule has 1 atom stereocenters. The van der Waals surface area contributed by atoms with Gasteiger partial charge in [0.1, 0.15) is 17.1 Å². The summed E-state index contributed by atoms with van der Waals surface area (Å²) >= 11 is 0. The van der Waals surface area contributed by atoms with Crippen molar-refractivity contribution in [2.45, 2.75) is 53.4 Å². The molecule has 1 aliphatic heterocycles. The first kappa shape index (κ1) is 27.0. The fraction of sp³-hybridized carbons (Fsp3) is 0.367. The van der Waals surface area contributed by atoms with Crippen molar-refractivity contribution in [3.05, 3.63) is 81.9 Å². The van der Waals surface area contributed by atoms with Crippen LogP contribution in [0.1, 0.15) is 56.2 Å². The molecule has 2 aromatic carbocycles. The number of carbonyl (C=O) groups is 3. The molecule has 0 saturated heterocycles. The zero-order valence-corrected chi connectivity index (χ0v) is 22.5. The van der Waals surface area contributed by atoms with Gasteiger partial charge in [0.25, 0.3) is 5.91 Å². The van der Waals surface area contributed by atoms with Gasteiger partial charge in [0.05, 0.1) is 12.5 Å². The van der Waals surface area contributed by atoms with Crippen molar-refractivity contribution in [2.24, 2.45) is 11.1 Å². The summed E-state index contributed by atoms with van der Waals surface area (Å²) in [6, 6.07) is 12.8. The number of nitrogens with one attached hydrogen (secondary N) is 1. The molecule has 1 aliphatic carbocycles. The second-order valence-corrected chi connectivity index (χ2v) is 10.5. The van der Waals surface area contributed by atoms with Crippen LogP contribution in [-0.4, -0.2) is 30.9 Å². The number of benzene rings is 2. The lowest BCUT2D eigenvalue weighted by atomic mass is 9.70. The fourth-order valence-corrected chi connectivity index (χ4v) is 4.95. The van der Waals surface area contributed by atoms with Gasteiger partial charge in [-0.25, -0.2) is 4.79 Å². The van der Waals surface area contributed by atoms with Gasteiger partial charge in [0.15, 0.2) is 12.4 Å². The van der Waals surface area contributed by atoms with Gasteiger partial charge in [0, 0.05) is 29.7 Å². The molecule has 1 amide bonds. The average Bonchev–Trinajstić information content (AvgIpc) is 2.83. The lowest BCUT2D eigenvalue weighted by Crippen LogP contribution is -2.36. The number of nitrogens with two attached hydrogens (primary N) is 1. The predicted octanol–water partition coefficient (Wildman–Crippen LogP) is 4.81. The lowest BCUT2D eigenvalue weighted by molar-refractivity contribution is -0.139.